The summed E-state index contributed by atoms with van der Waals surface area (Å²) in [6.07, 6.45) is 2.05. The third-order valence-electron chi connectivity index (χ3n) is 1.75. The van der Waals surface area contributed by atoms with Gasteiger partial charge in [0.15, 0.2) is 4.67 Å². The van der Waals surface area contributed by atoms with Crippen LogP contribution in [0.5, 0.6) is 5.75 Å². The van der Waals surface area contributed by atoms with Crippen molar-refractivity contribution in [2.45, 2.75) is 27.7 Å². The molecule has 1 nitrogen and oxygen atoms in total. The molecule has 0 radical (unpaired) electrons. The van der Waals surface area contributed by atoms with Crippen molar-refractivity contribution < 1.29 is 4.74 Å². The van der Waals surface area contributed by atoms with E-state index in [1.165, 1.54) is 5.56 Å². The SMILES string of the molecule is Cc1cccc(O/C(Br)=C/C(C)(C)C)c1. The summed E-state index contributed by atoms with van der Waals surface area (Å²) in [7, 11) is 0. The van der Waals surface area contributed by atoms with Crippen LogP contribution in [-0.2, 0) is 0 Å². The summed E-state index contributed by atoms with van der Waals surface area (Å²) in [5, 5.41) is 0. The summed E-state index contributed by atoms with van der Waals surface area (Å²) < 4.78 is 6.41. The lowest BCUT2D eigenvalue weighted by molar-refractivity contribution is 0.444. The lowest BCUT2D eigenvalue weighted by Crippen LogP contribution is -2.02. The average molecular weight is 269 g/mol. The van der Waals surface area contributed by atoms with Gasteiger partial charge in [0.25, 0.3) is 0 Å². The summed E-state index contributed by atoms with van der Waals surface area (Å²) in [5.74, 6) is 0.863. The molecule has 0 bridgehead atoms. The summed E-state index contributed by atoms with van der Waals surface area (Å²) in [4.78, 5) is 0. The molecule has 1 rings (SSSR count). The second-order valence-electron chi connectivity index (χ2n) is 4.73. The van der Waals surface area contributed by atoms with E-state index in [9.17, 15) is 0 Å². The monoisotopic (exact) mass is 268 g/mol. The maximum Gasteiger partial charge on any atom is 0.166 e. The Labute approximate surface area is 100 Å². The van der Waals surface area contributed by atoms with Crippen LogP contribution in [0.2, 0.25) is 0 Å². The summed E-state index contributed by atoms with van der Waals surface area (Å²) in [6, 6.07) is 8.00. The maximum absolute atomic E-state index is 5.65. The fourth-order valence-electron chi connectivity index (χ4n) is 1.16. The average Bonchev–Trinajstić information content (AvgIpc) is 1.99. The van der Waals surface area contributed by atoms with Gasteiger partial charge in [-0.15, -0.1) is 0 Å². The van der Waals surface area contributed by atoms with Crippen molar-refractivity contribution in [2.24, 2.45) is 5.41 Å². The first-order chi connectivity index (χ1) is 6.87. The van der Waals surface area contributed by atoms with Crippen molar-refractivity contribution in [3.63, 3.8) is 0 Å². The Bertz CT molecular complexity index is 361. The molecule has 0 aliphatic rings. The van der Waals surface area contributed by atoms with E-state index < -0.39 is 0 Å². The van der Waals surface area contributed by atoms with Gasteiger partial charge in [-0.05, 0) is 52.0 Å². The fraction of sp³-hybridized carbons (Fsp3) is 0.385. The van der Waals surface area contributed by atoms with E-state index in [0.29, 0.717) is 0 Å². The Morgan fingerprint density at radius 1 is 1.33 bits per heavy atom. The van der Waals surface area contributed by atoms with Crippen LogP contribution in [0.25, 0.3) is 0 Å². The molecule has 0 fully saturated rings. The van der Waals surface area contributed by atoms with E-state index in [2.05, 4.69) is 42.8 Å². The first kappa shape index (κ1) is 12.3. The van der Waals surface area contributed by atoms with Crippen LogP contribution < -0.4 is 4.74 Å². The van der Waals surface area contributed by atoms with Crippen LogP contribution in [0, 0.1) is 12.3 Å². The summed E-state index contributed by atoms with van der Waals surface area (Å²) in [5.41, 5.74) is 1.31. The fourth-order valence-corrected chi connectivity index (χ4v) is 2.03. The number of allylic oxidation sites excluding steroid dienone is 1. The van der Waals surface area contributed by atoms with Gasteiger partial charge in [0.05, 0.1) is 0 Å². The van der Waals surface area contributed by atoms with Gasteiger partial charge >= 0.3 is 0 Å². The molecule has 0 aliphatic heterocycles. The highest BCUT2D eigenvalue weighted by Crippen LogP contribution is 2.24. The van der Waals surface area contributed by atoms with Crippen LogP contribution in [-0.4, -0.2) is 0 Å². The second kappa shape index (κ2) is 4.84. The van der Waals surface area contributed by atoms with Gasteiger partial charge in [-0.1, -0.05) is 32.9 Å². The van der Waals surface area contributed by atoms with Crippen LogP contribution >= 0.6 is 15.9 Å². The second-order valence-corrected chi connectivity index (χ2v) is 5.51. The van der Waals surface area contributed by atoms with Gasteiger partial charge < -0.3 is 4.74 Å². The molecule has 0 amide bonds. The minimum atomic E-state index is 0.114. The highest BCUT2D eigenvalue weighted by molar-refractivity contribution is 9.11. The van der Waals surface area contributed by atoms with Gasteiger partial charge in [-0.2, -0.15) is 0 Å². The normalized spacial score (nSPS) is 12.7. The Kier molecular flexibility index (Phi) is 3.97. The van der Waals surface area contributed by atoms with Crippen molar-refractivity contribution in [1.29, 1.82) is 0 Å². The standard InChI is InChI=1S/C13H17BrO/c1-10-6-5-7-11(8-10)15-12(14)9-13(2,3)4/h5-9H,1-4H3/b12-9+. The highest BCUT2D eigenvalue weighted by Gasteiger charge is 2.08. The van der Waals surface area contributed by atoms with Crippen molar-refractivity contribution in [3.8, 4) is 5.75 Å². The van der Waals surface area contributed by atoms with E-state index in [4.69, 9.17) is 4.74 Å². The molecule has 0 heterocycles. The number of benzene rings is 1. The minimum absolute atomic E-state index is 0.114. The highest BCUT2D eigenvalue weighted by atomic mass is 79.9. The predicted molar refractivity (Wildman–Crippen MR) is 68.3 cm³/mol. The first-order valence-electron chi connectivity index (χ1n) is 5.00. The zero-order valence-corrected chi connectivity index (χ0v) is 11.3. The number of hydrogen-bond donors (Lipinski definition) is 0. The molecular formula is C13H17BrO. The maximum atomic E-state index is 5.65. The molecule has 0 aliphatic carbocycles. The molecule has 2 heteroatoms. The third kappa shape index (κ3) is 5.03. The number of halogens is 1. The molecule has 82 valence electrons. The van der Waals surface area contributed by atoms with Gasteiger partial charge in [0.1, 0.15) is 5.75 Å². The zero-order chi connectivity index (χ0) is 11.5. The van der Waals surface area contributed by atoms with Gasteiger partial charge in [-0.3, -0.25) is 0 Å². The number of ether oxygens (including phenoxy) is 1. The molecule has 15 heavy (non-hydrogen) atoms. The molecule has 0 spiro atoms. The summed E-state index contributed by atoms with van der Waals surface area (Å²) in [6.45, 7) is 8.45. The number of aryl methyl sites for hydroxylation is 1. The molecule has 0 saturated carbocycles. The van der Waals surface area contributed by atoms with Crippen LogP contribution in [0.4, 0.5) is 0 Å². The smallest absolute Gasteiger partial charge is 0.166 e. The number of rotatable bonds is 2. The Morgan fingerprint density at radius 3 is 2.53 bits per heavy atom. The molecule has 0 N–H and O–H groups in total. The van der Waals surface area contributed by atoms with Gasteiger partial charge in [0, 0.05) is 0 Å². The van der Waals surface area contributed by atoms with E-state index >= 15 is 0 Å². The van der Waals surface area contributed by atoms with Gasteiger partial charge in [0.2, 0.25) is 0 Å². The topological polar surface area (TPSA) is 9.23 Å². The molecule has 0 saturated heterocycles. The van der Waals surface area contributed by atoms with E-state index in [1.54, 1.807) is 0 Å². The van der Waals surface area contributed by atoms with Crippen molar-refractivity contribution in [3.05, 3.63) is 40.6 Å². The lowest BCUT2D eigenvalue weighted by Gasteiger charge is -2.13. The predicted octanol–water partition coefficient (Wildman–Crippen LogP) is 4.66. The van der Waals surface area contributed by atoms with Crippen LogP contribution in [0.15, 0.2) is 35.0 Å². The third-order valence-corrected chi connectivity index (χ3v) is 2.14. The van der Waals surface area contributed by atoms with E-state index in [-0.39, 0.29) is 5.41 Å². The largest absolute Gasteiger partial charge is 0.450 e. The quantitative estimate of drug-likeness (QED) is 0.710. The van der Waals surface area contributed by atoms with Crippen LogP contribution in [0.3, 0.4) is 0 Å². The van der Waals surface area contributed by atoms with Crippen molar-refractivity contribution in [2.75, 3.05) is 0 Å². The molecule has 1 aromatic carbocycles. The molecule has 0 atom stereocenters. The zero-order valence-electron chi connectivity index (χ0n) is 9.67. The van der Waals surface area contributed by atoms with E-state index in [1.807, 2.05) is 31.2 Å². The molecule has 1 aromatic rings. The first-order valence-corrected chi connectivity index (χ1v) is 5.79. The lowest BCUT2D eigenvalue weighted by atomic mass is 9.97. The minimum Gasteiger partial charge on any atom is -0.450 e. The van der Waals surface area contributed by atoms with Crippen molar-refractivity contribution >= 4 is 15.9 Å². The molecule has 0 unspecified atom stereocenters. The van der Waals surface area contributed by atoms with Crippen LogP contribution in [0.1, 0.15) is 26.3 Å². The molecule has 0 aromatic heterocycles. The Balaban J connectivity index is 2.75. The summed E-state index contributed by atoms with van der Waals surface area (Å²) >= 11 is 3.41. The Morgan fingerprint density at radius 2 is 2.00 bits per heavy atom. The van der Waals surface area contributed by atoms with E-state index in [0.717, 1.165) is 10.4 Å². The van der Waals surface area contributed by atoms with Gasteiger partial charge in [-0.25, -0.2) is 0 Å². The number of hydrogen-bond acceptors (Lipinski definition) is 1. The van der Waals surface area contributed by atoms with Crippen molar-refractivity contribution in [1.82, 2.24) is 0 Å². The molecular weight excluding hydrogens is 252 g/mol. The Hall–Kier alpha value is -0.760.